The minimum Gasteiger partial charge on any atom is -0.360 e. The number of aromatic nitrogens is 2. The van der Waals surface area contributed by atoms with Crippen molar-refractivity contribution in [3.63, 3.8) is 0 Å². The van der Waals surface area contributed by atoms with Crippen molar-refractivity contribution in [2.45, 2.75) is 22.0 Å². The maximum atomic E-state index is 13.1. The lowest BCUT2D eigenvalue weighted by atomic mass is 9.99. The third-order valence-corrected chi connectivity index (χ3v) is 7.67. The minimum atomic E-state index is -4.53. The molecule has 0 bridgehead atoms. The van der Waals surface area contributed by atoms with Crippen molar-refractivity contribution in [3.8, 4) is 11.1 Å². The van der Waals surface area contributed by atoms with Gasteiger partial charge in [-0.05, 0) is 23.8 Å². The Labute approximate surface area is 189 Å². The third kappa shape index (κ3) is 4.75. The highest BCUT2D eigenvalue weighted by Crippen LogP contribution is 2.37. The van der Waals surface area contributed by atoms with Crippen LogP contribution >= 0.6 is 0 Å². The van der Waals surface area contributed by atoms with Gasteiger partial charge in [-0.3, -0.25) is 4.98 Å². The van der Waals surface area contributed by atoms with Crippen LogP contribution < -0.4 is 43.2 Å². The first kappa shape index (κ1) is 23.6. The van der Waals surface area contributed by atoms with E-state index in [9.17, 15) is 16.8 Å². The van der Waals surface area contributed by atoms with Gasteiger partial charge in [0.15, 0.2) is 0 Å². The van der Waals surface area contributed by atoms with E-state index in [2.05, 4.69) is 36.6 Å². The van der Waals surface area contributed by atoms with Crippen LogP contribution in [0, 0.1) is 0 Å². The molecular formula is C17H24N10O4S2. The molecule has 1 saturated heterocycles. The number of benzene rings is 1. The fourth-order valence-electron chi connectivity index (χ4n) is 3.48. The molecule has 12 N–H and O–H groups in total. The number of hydrazine groups is 3. The lowest BCUT2D eigenvalue weighted by molar-refractivity contribution is 0.532. The largest absolute Gasteiger partial charge is 0.360 e. The fourth-order valence-corrected chi connectivity index (χ4v) is 6.23. The Morgan fingerprint density at radius 2 is 1.85 bits per heavy atom. The third-order valence-electron chi connectivity index (χ3n) is 5.07. The summed E-state index contributed by atoms with van der Waals surface area (Å²) < 4.78 is 53.9. The van der Waals surface area contributed by atoms with Crippen molar-refractivity contribution in [3.05, 3.63) is 42.2 Å². The van der Waals surface area contributed by atoms with E-state index in [1.165, 1.54) is 12.1 Å². The predicted molar refractivity (Wildman–Crippen MR) is 120 cm³/mol. The zero-order valence-electron chi connectivity index (χ0n) is 17.2. The Morgan fingerprint density at radius 1 is 1.12 bits per heavy atom. The van der Waals surface area contributed by atoms with Crippen LogP contribution in [-0.4, -0.2) is 45.9 Å². The summed E-state index contributed by atoms with van der Waals surface area (Å²) >= 11 is 0. The molecule has 1 atom stereocenters. The Hall–Kier alpha value is -2.51. The molecule has 0 saturated carbocycles. The van der Waals surface area contributed by atoms with Crippen LogP contribution in [0.4, 0.5) is 0 Å². The number of hydrogen-bond donors (Lipinski definition) is 9. The second-order valence-corrected chi connectivity index (χ2v) is 10.6. The number of fused-ring (bicyclic) bond motifs is 1. The van der Waals surface area contributed by atoms with Crippen LogP contribution in [0.15, 0.2) is 46.5 Å². The summed E-state index contributed by atoms with van der Waals surface area (Å²) in [4.78, 5) is 6.32. The lowest BCUT2D eigenvalue weighted by Gasteiger charge is -2.22. The molecule has 1 aliphatic rings. The van der Waals surface area contributed by atoms with Crippen molar-refractivity contribution in [2.24, 2.45) is 16.6 Å². The average Bonchev–Trinajstić information content (AvgIpc) is 3.47. The zero-order chi connectivity index (χ0) is 23.8. The van der Waals surface area contributed by atoms with Crippen molar-refractivity contribution >= 4 is 31.1 Å². The summed E-state index contributed by atoms with van der Waals surface area (Å²) in [6.07, 6.45) is 2.42. The normalized spacial score (nSPS) is 16.5. The topological polar surface area (TPSA) is 235 Å². The Balaban J connectivity index is 1.96. The summed E-state index contributed by atoms with van der Waals surface area (Å²) in [5, 5.41) is 5.54. The molecule has 0 radical (unpaired) electrons. The van der Waals surface area contributed by atoms with Crippen LogP contribution in [0.5, 0.6) is 0 Å². The molecule has 3 heterocycles. The second-order valence-electron chi connectivity index (χ2n) is 7.35. The first-order valence-corrected chi connectivity index (χ1v) is 12.7. The summed E-state index contributed by atoms with van der Waals surface area (Å²) in [5.74, 6) is 0. The number of pyridine rings is 1. The first-order chi connectivity index (χ1) is 15.6. The fraction of sp³-hybridized carbons (Fsp3) is 0.235. The minimum absolute atomic E-state index is 0.0379. The number of rotatable bonds is 8. The van der Waals surface area contributed by atoms with Crippen molar-refractivity contribution < 1.29 is 16.8 Å². The monoisotopic (exact) mass is 496 g/mol. The SMILES string of the molecule is NC[C@@H](N)CNS(=O)(=O)c1ccc(-c2cnc3cc[nH]c3c2)c(C2NNNN2)c1S(N)(=O)=O. The number of aromatic amines is 1. The van der Waals surface area contributed by atoms with Gasteiger partial charge in [-0.2, -0.15) is 11.1 Å². The highest BCUT2D eigenvalue weighted by molar-refractivity contribution is 7.92. The second kappa shape index (κ2) is 9.03. The average molecular weight is 497 g/mol. The summed E-state index contributed by atoms with van der Waals surface area (Å²) in [6.45, 7) is -0.146. The lowest BCUT2D eigenvalue weighted by Crippen LogP contribution is -2.42. The van der Waals surface area contributed by atoms with Gasteiger partial charge in [-0.1, -0.05) is 6.07 Å². The highest BCUT2D eigenvalue weighted by Gasteiger charge is 2.34. The molecule has 14 nitrogen and oxygen atoms in total. The van der Waals surface area contributed by atoms with E-state index in [4.69, 9.17) is 16.6 Å². The number of sulfonamides is 2. The Bertz CT molecular complexity index is 1380. The van der Waals surface area contributed by atoms with E-state index in [-0.39, 0.29) is 18.7 Å². The number of primary sulfonamides is 1. The van der Waals surface area contributed by atoms with Gasteiger partial charge in [-0.15, -0.1) is 0 Å². The van der Waals surface area contributed by atoms with E-state index in [0.29, 0.717) is 22.2 Å². The smallest absolute Gasteiger partial charge is 0.241 e. The number of H-pyrrole nitrogens is 1. The first-order valence-electron chi connectivity index (χ1n) is 9.71. The van der Waals surface area contributed by atoms with Crippen LogP contribution in [0.1, 0.15) is 11.7 Å². The number of nitrogens with one attached hydrogen (secondary N) is 6. The van der Waals surface area contributed by atoms with Gasteiger partial charge in [0.1, 0.15) is 16.0 Å². The van der Waals surface area contributed by atoms with Crippen LogP contribution in [-0.2, 0) is 20.0 Å². The Morgan fingerprint density at radius 3 is 2.52 bits per heavy atom. The molecule has 0 amide bonds. The maximum absolute atomic E-state index is 13.1. The number of nitrogens with two attached hydrogens (primary N) is 3. The van der Waals surface area contributed by atoms with Crippen molar-refractivity contribution in [1.82, 2.24) is 36.6 Å². The van der Waals surface area contributed by atoms with Gasteiger partial charge >= 0.3 is 0 Å². The molecule has 16 heteroatoms. The van der Waals surface area contributed by atoms with Gasteiger partial charge in [0.25, 0.3) is 0 Å². The van der Waals surface area contributed by atoms with Gasteiger partial charge in [0.05, 0.1) is 11.0 Å². The summed E-state index contributed by atoms with van der Waals surface area (Å²) in [5.41, 5.74) is 24.4. The van der Waals surface area contributed by atoms with Crippen molar-refractivity contribution in [1.29, 1.82) is 0 Å². The van der Waals surface area contributed by atoms with Gasteiger partial charge < -0.3 is 16.5 Å². The molecule has 1 aromatic carbocycles. The van der Waals surface area contributed by atoms with E-state index in [1.807, 2.05) is 0 Å². The van der Waals surface area contributed by atoms with Crippen molar-refractivity contribution in [2.75, 3.05) is 13.1 Å². The number of nitrogens with zero attached hydrogens (tertiary/aromatic N) is 1. The van der Waals surface area contributed by atoms with Gasteiger partial charge in [-0.25, -0.2) is 37.5 Å². The molecule has 178 valence electrons. The Kier molecular flexibility index (Phi) is 6.47. The number of hydrogen-bond acceptors (Lipinski definition) is 11. The standard InChI is InChI=1S/C17H24N10O4S2/c18-6-10(19)8-23-33(30,31)14-2-1-11(9-5-13-12(22-7-9)3-4-21-13)15(16(14)32(20,28)29)17-24-26-27-25-17/h1-5,7,10,17,21,23-27H,6,8,18-19H2,(H2,20,28,29)/t10-/m1/s1. The van der Waals surface area contributed by atoms with Crippen LogP contribution in [0.3, 0.4) is 0 Å². The molecule has 0 spiro atoms. The van der Waals surface area contributed by atoms with E-state index >= 15 is 0 Å². The zero-order valence-corrected chi connectivity index (χ0v) is 18.8. The molecule has 0 aliphatic carbocycles. The quantitative estimate of drug-likeness (QED) is 0.159. The van der Waals surface area contributed by atoms with E-state index in [0.717, 1.165) is 0 Å². The summed E-state index contributed by atoms with van der Waals surface area (Å²) in [6, 6.07) is 5.59. The molecule has 1 aliphatic heterocycles. The molecule has 2 aromatic heterocycles. The van der Waals surface area contributed by atoms with Gasteiger partial charge in [0, 0.05) is 42.7 Å². The molecule has 1 fully saturated rings. The molecular weight excluding hydrogens is 472 g/mol. The molecule has 4 rings (SSSR count). The van der Waals surface area contributed by atoms with E-state index in [1.54, 1.807) is 24.5 Å². The summed E-state index contributed by atoms with van der Waals surface area (Å²) in [7, 11) is -8.85. The molecule has 3 aromatic rings. The predicted octanol–water partition coefficient (Wildman–Crippen LogP) is -2.44. The maximum Gasteiger partial charge on any atom is 0.241 e. The molecule has 0 unspecified atom stereocenters. The van der Waals surface area contributed by atoms with Gasteiger partial charge in [0.2, 0.25) is 20.0 Å². The van der Waals surface area contributed by atoms with E-state index < -0.39 is 42.0 Å². The van der Waals surface area contributed by atoms with Crippen LogP contribution in [0.25, 0.3) is 22.2 Å². The molecule has 33 heavy (non-hydrogen) atoms. The van der Waals surface area contributed by atoms with Crippen LogP contribution in [0.2, 0.25) is 0 Å². The highest BCUT2D eigenvalue weighted by atomic mass is 32.2.